The van der Waals surface area contributed by atoms with Crippen LogP contribution in [0.4, 0.5) is 10.1 Å². The van der Waals surface area contributed by atoms with E-state index < -0.39 is 0 Å². The third kappa shape index (κ3) is 5.46. The third-order valence-corrected chi connectivity index (χ3v) is 6.95. The Morgan fingerprint density at radius 3 is 2.68 bits per heavy atom. The van der Waals surface area contributed by atoms with E-state index in [0.29, 0.717) is 48.1 Å². The number of hydrogen-bond acceptors (Lipinski definition) is 5. The molecule has 1 aliphatic rings. The highest BCUT2D eigenvalue weighted by molar-refractivity contribution is 9.10. The SMILES string of the molecule is CCOc1cc(/C=C2/SC(=S)N(c3cccc(Cl)c3)C2=O)cc(Br)c1OCc1ccccc1F. The van der Waals surface area contributed by atoms with E-state index in [0.717, 1.165) is 5.56 Å². The first kappa shape index (κ1) is 24.7. The molecule has 0 atom stereocenters. The van der Waals surface area contributed by atoms with Crippen LogP contribution in [-0.2, 0) is 11.4 Å². The normalized spacial score (nSPS) is 14.7. The molecule has 4 nitrogen and oxygen atoms in total. The Labute approximate surface area is 219 Å². The molecule has 4 rings (SSSR count). The van der Waals surface area contributed by atoms with E-state index in [1.807, 2.05) is 13.0 Å². The summed E-state index contributed by atoms with van der Waals surface area (Å²) in [6, 6.07) is 17.0. The van der Waals surface area contributed by atoms with Crippen LogP contribution in [0.15, 0.2) is 70.0 Å². The fraction of sp³-hybridized carbons (Fsp3) is 0.120. The average Bonchev–Trinajstić information content (AvgIpc) is 3.07. The highest BCUT2D eigenvalue weighted by atomic mass is 79.9. The van der Waals surface area contributed by atoms with Crippen molar-refractivity contribution < 1.29 is 18.7 Å². The topological polar surface area (TPSA) is 38.8 Å². The summed E-state index contributed by atoms with van der Waals surface area (Å²) in [5.41, 5.74) is 1.78. The van der Waals surface area contributed by atoms with Gasteiger partial charge in [0.2, 0.25) is 0 Å². The third-order valence-electron chi connectivity index (χ3n) is 4.82. The van der Waals surface area contributed by atoms with Gasteiger partial charge in [-0.3, -0.25) is 9.69 Å². The number of anilines is 1. The van der Waals surface area contributed by atoms with Gasteiger partial charge in [0.25, 0.3) is 5.91 Å². The summed E-state index contributed by atoms with van der Waals surface area (Å²) in [7, 11) is 0. The second kappa shape index (κ2) is 10.9. The van der Waals surface area contributed by atoms with Gasteiger partial charge in [-0.05, 0) is 70.9 Å². The van der Waals surface area contributed by atoms with Crippen molar-refractivity contribution in [2.45, 2.75) is 13.5 Å². The quantitative estimate of drug-likeness (QED) is 0.213. The molecule has 3 aromatic rings. The lowest BCUT2D eigenvalue weighted by Gasteiger charge is -2.15. The monoisotopic (exact) mass is 577 g/mol. The van der Waals surface area contributed by atoms with Gasteiger partial charge in [0.15, 0.2) is 15.8 Å². The molecule has 0 N–H and O–H groups in total. The molecule has 0 spiro atoms. The van der Waals surface area contributed by atoms with E-state index in [1.54, 1.807) is 54.6 Å². The van der Waals surface area contributed by atoms with Crippen LogP contribution in [0.5, 0.6) is 11.5 Å². The summed E-state index contributed by atoms with van der Waals surface area (Å²) in [5, 5.41) is 0.520. The van der Waals surface area contributed by atoms with Gasteiger partial charge in [-0.2, -0.15) is 0 Å². The minimum atomic E-state index is -0.338. The number of halogens is 3. The molecule has 0 aromatic heterocycles. The maximum absolute atomic E-state index is 14.0. The molecule has 1 saturated heterocycles. The van der Waals surface area contributed by atoms with Crippen LogP contribution in [-0.4, -0.2) is 16.8 Å². The predicted octanol–water partition coefficient (Wildman–Crippen LogP) is 7.63. The molecule has 0 saturated carbocycles. The Morgan fingerprint density at radius 2 is 1.94 bits per heavy atom. The van der Waals surface area contributed by atoms with Gasteiger partial charge in [-0.1, -0.05) is 59.8 Å². The van der Waals surface area contributed by atoms with Crippen molar-refractivity contribution in [2.75, 3.05) is 11.5 Å². The first-order valence-corrected chi connectivity index (χ1v) is 12.6. The minimum absolute atomic E-state index is 0.0446. The molecule has 1 amide bonds. The smallest absolute Gasteiger partial charge is 0.270 e. The number of benzene rings is 3. The predicted molar refractivity (Wildman–Crippen MR) is 143 cm³/mol. The van der Waals surface area contributed by atoms with Crippen LogP contribution in [0.2, 0.25) is 5.02 Å². The average molecular weight is 579 g/mol. The van der Waals surface area contributed by atoms with Crippen LogP contribution in [0.3, 0.4) is 0 Å². The van der Waals surface area contributed by atoms with Gasteiger partial charge < -0.3 is 9.47 Å². The maximum Gasteiger partial charge on any atom is 0.270 e. The second-order valence-electron chi connectivity index (χ2n) is 7.14. The Hall–Kier alpha value is -2.39. The number of rotatable bonds is 7. The van der Waals surface area contributed by atoms with Crippen LogP contribution < -0.4 is 14.4 Å². The number of carbonyl (C=O) groups excluding carboxylic acids is 1. The number of thioether (sulfide) groups is 1. The summed E-state index contributed by atoms with van der Waals surface area (Å²) in [5.74, 6) is 0.361. The van der Waals surface area contributed by atoms with Gasteiger partial charge in [-0.25, -0.2) is 4.39 Å². The Bertz CT molecular complexity index is 1300. The molecule has 0 bridgehead atoms. The number of amides is 1. The molecule has 0 unspecified atom stereocenters. The molecule has 34 heavy (non-hydrogen) atoms. The van der Waals surface area contributed by atoms with Gasteiger partial charge in [0, 0.05) is 10.6 Å². The van der Waals surface area contributed by atoms with E-state index >= 15 is 0 Å². The Balaban J connectivity index is 1.61. The zero-order chi connectivity index (χ0) is 24.2. The zero-order valence-corrected chi connectivity index (χ0v) is 21.9. The molecule has 1 aliphatic heterocycles. The van der Waals surface area contributed by atoms with Gasteiger partial charge in [0.1, 0.15) is 12.4 Å². The summed E-state index contributed by atoms with van der Waals surface area (Å²) in [6.07, 6.45) is 1.75. The fourth-order valence-electron chi connectivity index (χ4n) is 3.30. The standard InChI is InChI=1S/C25H18BrClFNO3S2/c1-2-31-21-11-15(10-19(26)23(21)32-14-16-6-3-4-9-20(16)28)12-22-24(30)29(25(33)34-22)18-8-5-7-17(27)13-18/h3-13H,2,14H2,1H3/b22-12+. The van der Waals surface area contributed by atoms with Crippen molar-refractivity contribution in [3.8, 4) is 11.5 Å². The number of ether oxygens (including phenoxy) is 2. The molecule has 1 fully saturated rings. The van der Waals surface area contributed by atoms with E-state index in [9.17, 15) is 9.18 Å². The first-order valence-electron chi connectivity index (χ1n) is 10.2. The number of hydrogen-bond donors (Lipinski definition) is 0. The number of thiocarbonyl (C=S) groups is 1. The molecule has 9 heteroatoms. The minimum Gasteiger partial charge on any atom is -0.490 e. The molecule has 3 aromatic carbocycles. The highest BCUT2D eigenvalue weighted by Gasteiger charge is 2.33. The molecular weight excluding hydrogens is 561 g/mol. The van der Waals surface area contributed by atoms with Crippen LogP contribution in [0.25, 0.3) is 6.08 Å². The molecule has 1 heterocycles. The van der Waals surface area contributed by atoms with Crippen molar-refractivity contribution in [3.63, 3.8) is 0 Å². The van der Waals surface area contributed by atoms with Crippen LogP contribution >= 0.6 is 51.5 Å². The summed E-state index contributed by atoms with van der Waals surface area (Å²) < 4.78 is 26.7. The molecule has 174 valence electrons. The van der Waals surface area contributed by atoms with E-state index in [4.69, 9.17) is 33.3 Å². The molecule has 0 radical (unpaired) electrons. The zero-order valence-electron chi connectivity index (χ0n) is 17.9. The van der Waals surface area contributed by atoms with Crippen molar-refractivity contribution in [1.82, 2.24) is 0 Å². The van der Waals surface area contributed by atoms with Crippen molar-refractivity contribution in [1.29, 1.82) is 0 Å². The Kier molecular flexibility index (Phi) is 7.93. The lowest BCUT2D eigenvalue weighted by molar-refractivity contribution is -0.113. The molecular formula is C25H18BrClFNO3S2. The molecule has 0 aliphatic carbocycles. The van der Waals surface area contributed by atoms with E-state index in [2.05, 4.69) is 15.9 Å². The maximum atomic E-state index is 14.0. The van der Waals surface area contributed by atoms with Crippen molar-refractivity contribution in [3.05, 3.63) is 92.0 Å². The van der Waals surface area contributed by atoms with E-state index in [-0.39, 0.29) is 18.3 Å². The van der Waals surface area contributed by atoms with Gasteiger partial charge in [-0.15, -0.1) is 0 Å². The number of nitrogens with zero attached hydrogens (tertiary/aromatic N) is 1. The highest BCUT2D eigenvalue weighted by Crippen LogP contribution is 2.41. The van der Waals surface area contributed by atoms with Gasteiger partial charge >= 0.3 is 0 Å². The lowest BCUT2D eigenvalue weighted by Crippen LogP contribution is -2.27. The second-order valence-corrected chi connectivity index (χ2v) is 10.1. The Morgan fingerprint density at radius 1 is 1.15 bits per heavy atom. The van der Waals surface area contributed by atoms with Gasteiger partial charge in [0.05, 0.1) is 21.7 Å². The lowest BCUT2D eigenvalue weighted by atomic mass is 10.1. The van der Waals surface area contributed by atoms with Crippen molar-refractivity contribution in [2.24, 2.45) is 0 Å². The first-order chi connectivity index (χ1) is 16.4. The largest absolute Gasteiger partial charge is 0.490 e. The summed E-state index contributed by atoms with van der Waals surface area (Å²) in [4.78, 5) is 15.0. The fourth-order valence-corrected chi connectivity index (χ4v) is 5.35. The van der Waals surface area contributed by atoms with Crippen LogP contribution in [0, 0.1) is 5.82 Å². The van der Waals surface area contributed by atoms with E-state index in [1.165, 1.54) is 22.7 Å². The van der Waals surface area contributed by atoms with Crippen LogP contribution in [0.1, 0.15) is 18.1 Å². The number of carbonyl (C=O) groups is 1. The summed E-state index contributed by atoms with van der Waals surface area (Å²) >= 11 is 16.3. The van der Waals surface area contributed by atoms with Crippen molar-refractivity contribution >= 4 is 73.5 Å². The summed E-state index contributed by atoms with van der Waals surface area (Å²) in [6.45, 7) is 2.31.